The van der Waals surface area contributed by atoms with Crippen LogP contribution in [0.5, 0.6) is 0 Å². The quantitative estimate of drug-likeness (QED) is 0.441. The summed E-state index contributed by atoms with van der Waals surface area (Å²) in [5, 5.41) is 18.1. The Balaban J connectivity index is 1.34. The van der Waals surface area contributed by atoms with Crippen LogP contribution in [0.15, 0.2) is 36.9 Å². The molecule has 0 radical (unpaired) electrons. The number of fused-ring (bicyclic) bond motifs is 1. The van der Waals surface area contributed by atoms with Crippen molar-refractivity contribution in [2.45, 2.75) is 31.3 Å². The van der Waals surface area contributed by atoms with E-state index in [1.807, 2.05) is 4.90 Å². The first kappa shape index (κ1) is 21.0. The van der Waals surface area contributed by atoms with Gasteiger partial charge in [-0.3, -0.25) is 9.89 Å². The molecule has 13 heteroatoms. The number of carbonyl (C=O) groups is 1. The van der Waals surface area contributed by atoms with Gasteiger partial charge >= 0.3 is 0 Å². The molecular formula is C21H16Cl2FN9O. The maximum absolute atomic E-state index is 15.2. The summed E-state index contributed by atoms with van der Waals surface area (Å²) in [5.41, 5.74) is 2.62. The summed E-state index contributed by atoms with van der Waals surface area (Å²) >= 11 is 12.2. The van der Waals surface area contributed by atoms with E-state index in [2.05, 4.69) is 35.7 Å². The highest BCUT2D eigenvalue weighted by Gasteiger charge is 2.42. The minimum Gasteiger partial charge on any atom is -0.340 e. The molecule has 5 heterocycles. The average molecular weight is 500 g/mol. The molecule has 6 rings (SSSR count). The molecule has 1 amide bonds. The monoisotopic (exact) mass is 499 g/mol. The third kappa shape index (κ3) is 3.31. The number of imidazole rings is 1. The first-order valence-corrected chi connectivity index (χ1v) is 11.3. The van der Waals surface area contributed by atoms with Crippen molar-refractivity contribution in [2.24, 2.45) is 0 Å². The summed E-state index contributed by atoms with van der Waals surface area (Å²) in [5.74, 6) is -0.150. The molecule has 2 aliphatic rings. The average Bonchev–Trinajstić information content (AvgIpc) is 3.61. The Morgan fingerprint density at radius 3 is 2.82 bits per heavy atom. The number of hydrogen-bond donors (Lipinski definition) is 2. The number of amides is 1. The van der Waals surface area contributed by atoms with Crippen LogP contribution < -0.4 is 0 Å². The van der Waals surface area contributed by atoms with E-state index in [0.717, 1.165) is 12.8 Å². The maximum Gasteiger partial charge on any atom is 0.247 e. The van der Waals surface area contributed by atoms with Crippen LogP contribution in [0.25, 0.3) is 22.5 Å². The van der Waals surface area contributed by atoms with Gasteiger partial charge in [-0.15, -0.1) is 5.10 Å². The lowest BCUT2D eigenvalue weighted by Gasteiger charge is -2.33. The molecule has 4 aromatic rings. The molecular weight excluding hydrogens is 484 g/mol. The highest BCUT2D eigenvalue weighted by Crippen LogP contribution is 2.44. The molecule has 1 fully saturated rings. The summed E-state index contributed by atoms with van der Waals surface area (Å²) in [4.78, 5) is 22.9. The fourth-order valence-corrected chi connectivity index (χ4v) is 5.16. The van der Waals surface area contributed by atoms with Gasteiger partial charge in [-0.05, 0) is 47.4 Å². The second-order valence-electron chi connectivity index (χ2n) is 8.16. The fourth-order valence-electron chi connectivity index (χ4n) is 4.81. The van der Waals surface area contributed by atoms with E-state index < -0.39 is 5.82 Å². The SMILES string of the molecule is O=C1C=C(c2c(-n3cnnn3)ccc(Cl)c2F)C[C@H]2CC[C@@H](c3ncc(-c4cn[nH]c4Cl)[nH]3)N12. The number of nitrogens with one attached hydrogen (secondary N) is 2. The molecule has 172 valence electrons. The lowest BCUT2D eigenvalue weighted by molar-refractivity contribution is -0.129. The Labute approximate surface area is 201 Å². The maximum atomic E-state index is 15.2. The number of nitrogens with zero attached hydrogens (tertiary/aromatic N) is 7. The zero-order chi connectivity index (χ0) is 23.4. The lowest BCUT2D eigenvalue weighted by Crippen LogP contribution is -2.39. The zero-order valence-corrected chi connectivity index (χ0v) is 18.9. The number of halogens is 3. The van der Waals surface area contributed by atoms with Gasteiger partial charge in [-0.25, -0.2) is 9.37 Å². The number of tetrazole rings is 1. The zero-order valence-electron chi connectivity index (χ0n) is 17.4. The minimum atomic E-state index is -0.607. The standard InChI is InChI=1S/C21H16Cl2FN9O/c22-13-2-4-15(32-9-27-30-31-32)18(19(13)24)10-5-11-1-3-16(33(11)17(34)6-10)21-25-8-14(28-21)12-7-26-29-20(12)23/h2,4,6-9,11,16H,1,3,5H2,(H,25,28)(H,26,29)/t11-,16+/m1/s1. The molecule has 0 bridgehead atoms. The molecule has 34 heavy (non-hydrogen) atoms. The Bertz CT molecular complexity index is 1430. The van der Waals surface area contributed by atoms with Gasteiger partial charge in [0.2, 0.25) is 5.91 Å². The van der Waals surface area contributed by atoms with Crippen LogP contribution in [0.4, 0.5) is 4.39 Å². The molecule has 0 aliphatic carbocycles. The normalized spacial score (nSPS) is 20.0. The molecule has 1 aromatic carbocycles. The topological polar surface area (TPSA) is 121 Å². The van der Waals surface area contributed by atoms with Crippen LogP contribution in [-0.2, 0) is 4.79 Å². The third-order valence-electron chi connectivity index (χ3n) is 6.29. The van der Waals surface area contributed by atoms with Gasteiger partial charge in [0.15, 0.2) is 5.82 Å². The van der Waals surface area contributed by atoms with Gasteiger partial charge in [-0.1, -0.05) is 23.2 Å². The van der Waals surface area contributed by atoms with E-state index in [0.29, 0.717) is 39.9 Å². The highest BCUT2D eigenvalue weighted by atomic mass is 35.5. The van der Waals surface area contributed by atoms with Crippen molar-refractivity contribution >= 4 is 34.7 Å². The van der Waals surface area contributed by atoms with Crippen molar-refractivity contribution in [1.29, 1.82) is 0 Å². The van der Waals surface area contributed by atoms with Crippen molar-refractivity contribution in [3.05, 3.63) is 64.3 Å². The molecule has 10 nitrogen and oxygen atoms in total. The van der Waals surface area contributed by atoms with Crippen molar-refractivity contribution < 1.29 is 9.18 Å². The van der Waals surface area contributed by atoms with E-state index in [4.69, 9.17) is 23.2 Å². The number of H-pyrrole nitrogens is 2. The Hall–Kier alpha value is -3.57. The highest BCUT2D eigenvalue weighted by molar-refractivity contribution is 6.32. The molecule has 3 aromatic heterocycles. The number of carbonyl (C=O) groups excluding carboxylic acids is 1. The summed E-state index contributed by atoms with van der Waals surface area (Å²) in [6.45, 7) is 0. The van der Waals surface area contributed by atoms with E-state index in [1.165, 1.54) is 23.2 Å². The van der Waals surface area contributed by atoms with Gasteiger partial charge in [-0.2, -0.15) is 9.78 Å². The van der Waals surface area contributed by atoms with Crippen LogP contribution in [0.2, 0.25) is 10.2 Å². The van der Waals surface area contributed by atoms with Crippen LogP contribution >= 0.6 is 23.2 Å². The van der Waals surface area contributed by atoms with Gasteiger partial charge < -0.3 is 9.88 Å². The Kier molecular flexibility index (Phi) is 4.96. The molecule has 1 saturated heterocycles. The second kappa shape index (κ2) is 8.03. The summed E-state index contributed by atoms with van der Waals surface area (Å²) in [7, 11) is 0. The fraction of sp³-hybridized carbons (Fsp3) is 0.238. The Morgan fingerprint density at radius 2 is 2.06 bits per heavy atom. The van der Waals surface area contributed by atoms with Gasteiger partial charge in [0.05, 0.1) is 40.4 Å². The number of aromatic amines is 2. The molecule has 0 saturated carbocycles. The number of aromatic nitrogens is 8. The van der Waals surface area contributed by atoms with E-state index in [9.17, 15) is 4.79 Å². The van der Waals surface area contributed by atoms with Crippen molar-refractivity contribution in [2.75, 3.05) is 0 Å². The first-order valence-electron chi connectivity index (χ1n) is 10.5. The first-order chi connectivity index (χ1) is 16.5. The molecule has 2 aliphatic heterocycles. The van der Waals surface area contributed by atoms with Crippen LogP contribution in [0, 0.1) is 5.82 Å². The molecule has 0 spiro atoms. The summed E-state index contributed by atoms with van der Waals surface area (Å²) < 4.78 is 16.6. The third-order valence-corrected chi connectivity index (χ3v) is 6.87. The van der Waals surface area contributed by atoms with Gasteiger partial charge in [0.25, 0.3) is 0 Å². The van der Waals surface area contributed by atoms with E-state index >= 15 is 4.39 Å². The lowest BCUT2D eigenvalue weighted by atomic mass is 9.92. The largest absolute Gasteiger partial charge is 0.340 e. The van der Waals surface area contributed by atoms with Crippen LogP contribution in [0.1, 0.15) is 36.7 Å². The number of rotatable bonds is 4. The van der Waals surface area contributed by atoms with Crippen molar-refractivity contribution in [3.8, 4) is 16.9 Å². The van der Waals surface area contributed by atoms with Crippen molar-refractivity contribution in [1.82, 2.24) is 45.3 Å². The molecule has 2 N–H and O–H groups in total. The van der Waals surface area contributed by atoms with Gasteiger partial charge in [0, 0.05) is 17.7 Å². The van der Waals surface area contributed by atoms with E-state index in [1.54, 1.807) is 18.5 Å². The minimum absolute atomic E-state index is 0.0343. The Morgan fingerprint density at radius 1 is 1.18 bits per heavy atom. The summed E-state index contributed by atoms with van der Waals surface area (Å²) in [6, 6.07) is 2.75. The predicted octanol–water partition coefficient (Wildman–Crippen LogP) is 3.74. The second-order valence-corrected chi connectivity index (χ2v) is 8.94. The number of benzene rings is 1. The van der Waals surface area contributed by atoms with E-state index in [-0.39, 0.29) is 28.6 Å². The van der Waals surface area contributed by atoms with Gasteiger partial charge in [0.1, 0.15) is 17.3 Å². The van der Waals surface area contributed by atoms with Crippen molar-refractivity contribution in [3.63, 3.8) is 0 Å². The molecule has 0 unspecified atom stereocenters. The molecule has 2 atom stereocenters. The summed E-state index contributed by atoms with van der Waals surface area (Å²) in [6.07, 6.45) is 8.06. The van der Waals surface area contributed by atoms with Crippen LogP contribution in [0.3, 0.4) is 0 Å². The predicted molar refractivity (Wildman–Crippen MR) is 121 cm³/mol. The van der Waals surface area contributed by atoms with Crippen LogP contribution in [-0.4, -0.2) is 57.2 Å². The smallest absolute Gasteiger partial charge is 0.247 e. The number of hydrogen-bond acceptors (Lipinski definition) is 6.